The molecule has 2 aromatic carbocycles. The Labute approximate surface area is 162 Å². The van der Waals surface area contributed by atoms with Crippen molar-refractivity contribution in [3.63, 3.8) is 0 Å². The molecule has 4 rings (SSSR count). The van der Waals surface area contributed by atoms with E-state index in [1.165, 1.54) is 16.9 Å². The van der Waals surface area contributed by atoms with Crippen LogP contribution < -0.4 is 0 Å². The van der Waals surface area contributed by atoms with E-state index in [2.05, 4.69) is 10.1 Å². The average Bonchev–Trinajstić information content (AvgIpc) is 3.11. The Bertz CT molecular complexity index is 1230. The zero-order valence-corrected chi connectivity index (χ0v) is 14.9. The number of halogens is 1. The van der Waals surface area contributed by atoms with Crippen LogP contribution in [0.4, 0.5) is 5.69 Å². The minimum atomic E-state index is -0.635. The molecule has 1 N–H and O–H groups in total. The Morgan fingerprint density at radius 2 is 1.89 bits per heavy atom. The Morgan fingerprint density at radius 1 is 1.14 bits per heavy atom. The van der Waals surface area contributed by atoms with Crippen LogP contribution in [0.25, 0.3) is 16.9 Å². The van der Waals surface area contributed by atoms with Crippen LogP contribution >= 0.6 is 11.6 Å². The number of nitro benzene ring substituents is 1. The van der Waals surface area contributed by atoms with Crippen molar-refractivity contribution in [1.29, 1.82) is 0 Å². The number of aromatic hydroxyl groups is 1. The summed E-state index contributed by atoms with van der Waals surface area (Å²) in [5, 5.41) is 25.9. The maximum atomic E-state index is 12.7. The number of fused-ring (bicyclic) bond motifs is 1. The molecule has 0 amide bonds. The van der Waals surface area contributed by atoms with Gasteiger partial charge in [0.05, 0.1) is 21.7 Å². The van der Waals surface area contributed by atoms with Crippen molar-refractivity contribution >= 4 is 28.7 Å². The lowest BCUT2D eigenvalue weighted by molar-refractivity contribution is -0.384. The predicted octanol–water partition coefficient (Wildman–Crippen LogP) is 3.89. The van der Waals surface area contributed by atoms with Gasteiger partial charge >= 0.3 is 0 Å². The third-order valence-corrected chi connectivity index (χ3v) is 4.40. The molecule has 138 valence electrons. The number of aromatic nitrogens is 3. The minimum Gasteiger partial charge on any atom is -0.507 e. The predicted molar refractivity (Wildman–Crippen MR) is 102 cm³/mol. The second-order valence-electron chi connectivity index (χ2n) is 5.97. The van der Waals surface area contributed by atoms with Crippen LogP contribution in [0.15, 0.2) is 60.9 Å². The smallest absolute Gasteiger partial charge is 0.270 e. The lowest BCUT2D eigenvalue weighted by atomic mass is 10.0. The van der Waals surface area contributed by atoms with Crippen molar-refractivity contribution < 1.29 is 14.8 Å². The standard InChI is InChI=1S/C19H11ClN4O4/c20-13-3-1-11(2-4-13)16-8-18-21-9-12(10-23(18)22-16)19(26)15-7-14(24(27)28)5-6-17(15)25/h1-10,25H. The van der Waals surface area contributed by atoms with E-state index >= 15 is 0 Å². The summed E-state index contributed by atoms with van der Waals surface area (Å²) in [7, 11) is 0. The third kappa shape index (κ3) is 3.17. The van der Waals surface area contributed by atoms with Gasteiger partial charge in [0.2, 0.25) is 0 Å². The van der Waals surface area contributed by atoms with E-state index in [0.29, 0.717) is 16.4 Å². The van der Waals surface area contributed by atoms with Crippen LogP contribution in [-0.4, -0.2) is 30.4 Å². The molecule has 2 aromatic heterocycles. The Kier molecular flexibility index (Phi) is 4.25. The maximum Gasteiger partial charge on any atom is 0.270 e. The number of nitrogens with zero attached hydrogens (tertiary/aromatic N) is 4. The van der Waals surface area contributed by atoms with Gasteiger partial charge in [-0.15, -0.1) is 0 Å². The van der Waals surface area contributed by atoms with Crippen LogP contribution in [-0.2, 0) is 0 Å². The first-order valence-electron chi connectivity index (χ1n) is 8.06. The number of ketones is 1. The molecule has 28 heavy (non-hydrogen) atoms. The SMILES string of the molecule is O=C(c1cnc2cc(-c3ccc(Cl)cc3)nn2c1)c1cc([N+](=O)[O-])ccc1O. The summed E-state index contributed by atoms with van der Waals surface area (Å²) in [6, 6.07) is 12.1. The first kappa shape index (κ1) is 17.6. The van der Waals surface area contributed by atoms with Crippen LogP contribution in [0.2, 0.25) is 5.02 Å². The highest BCUT2D eigenvalue weighted by atomic mass is 35.5. The van der Waals surface area contributed by atoms with Gasteiger partial charge in [-0.1, -0.05) is 23.7 Å². The number of carbonyl (C=O) groups excluding carboxylic acids is 1. The zero-order chi connectivity index (χ0) is 19.8. The topological polar surface area (TPSA) is 111 Å². The van der Waals surface area contributed by atoms with Crippen molar-refractivity contribution in [3.05, 3.63) is 87.2 Å². The van der Waals surface area contributed by atoms with Gasteiger partial charge in [-0.05, 0) is 18.2 Å². The quantitative estimate of drug-likeness (QED) is 0.319. The van der Waals surface area contributed by atoms with Gasteiger partial charge in [0, 0.05) is 41.2 Å². The van der Waals surface area contributed by atoms with Gasteiger partial charge in [-0.25, -0.2) is 9.50 Å². The van der Waals surface area contributed by atoms with E-state index in [0.717, 1.165) is 23.8 Å². The summed E-state index contributed by atoms with van der Waals surface area (Å²) in [4.78, 5) is 27.2. The van der Waals surface area contributed by atoms with Crippen LogP contribution in [0.3, 0.4) is 0 Å². The van der Waals surface area contributed by atoms with Crippen LogP contribution in [0.1, 0.15) is 15.9 Å². The molecule has 0 aliphatic carbocycles. The van der Waals surface area contributed by atoms with E-state index < -0.39 is 10.7 Å². The molecule has 0 spiro atoms. The number of nitro groups is 1. The minimum absolute atomic E-state index is 0.133. The monoisotopic (exact) mass is 394 g/mol. The Balaban J connectivity index is 1.74. The second-order valence-corrected chi connectivity index (χ2v) is 6.41. The summed E-state index contributed by atoms with van der Waals surface area (Å²) in [5.41, 5.74) is 1.66. The highest BCUT2D eigenvalue weighted by Gasteiger charge is 2.19. The van der Waals surface area contributed by atoms with Gasteiger partial charge in [0.25, 0.3) is 5.69 Å². The van der Waals surface area contributed by atoms with E-state index in [1.54, 1.807) is 18.2 Å². The number of phenols is 1. The largest absolute Gasteiger partial charge is 0.507 e. The number of hydrogen-bond acceptors (Lipinski definition) is 6. The van der Waals surface area contributed by atoms with Gasteiger partial charge < -0.3 is 5.11 Å². The molecule has 0 aliphatic rings. The fraction of sp³-hybridized carbons (Fsp3) is 0. The van der Waals surface area contributed by atoms with E-state index in [1.807, 2.05) is 12.1 Å². The summed E-state index contributed by atoms with van der Waals surface area (Å²) >= 11 is 5.90. The lowest BCUT2D eigenvalue weighted by Gasteiger charge is -2.04. The van der Waals surface area contributed by atoms with Crippen LogP contribution in [0.5, 0.6) is 5.75 Å². The van der Waals surface area contributed by atoms with Crippen molar-refractivity contribution in [3.8, 4) is 17.0 Å². The van der Waals surface area contributed by atoms with Gasteiger partial charge in [0.15, 0.2) is 11.4 Å². The molecule has 2 heterocycles. The lowest BCUT2D eigenvalue weighted by Crippen LogP contribution is -2.05. The number of carbonyl (C=O) groups is 1. The van der Waals surface area contributed by atoms with E-state index in [-0.39, 0.29) is 22.6 Å². The summed E-state index contributed by atoms with van der Waals surface area (Å²) < 4.78 is 1.44. The van der Waals surface area contributed by atoms with Crippen LogP contribution in [0, 0.1) is 10.1 Å². The van der Waals surface area contributed by atoms with Gasteiger partial charge in [-0.3, -0.25) is 14.9 Å². The molecule has 0 fully saturated rings. The number of rotatable bonds is 4. The number of phenolic OH excluding ortho intramolecular Hbond substituents is 1. The molecule has 0 bridgehead atoms. The van der Waals surface area contributed by atoms with E-state index in [9.17, 15) is 20.0 Å². The van der Waals surface area contributed by atoms with Gasteiger partial charge in [-0.2, -0.15) is 5.10 Å². The second kappa shape index (κ2) is 6.75. The summed E-state index contributed by atoms with van der Waals surface area (Å²) in [6.45, 7) is 0. The molecule has 0 saturated carbocycles. The maximum absolute atomic E-state index is 12.7. The zero-order valence-electron chi connectivity index (χ0n) is 14.1. The Morgan fingerprint density at radius 3 is 2.61 bits per heavy atom. The molecule has 0 saturated heterocycles. The summed E-state index contributed by atoms with van der Waals surface area (Å²) in [5.74, 6) is -0.947. The van der Waals surface area contributed by atoms with Gasteiger partial charge in [0.1, 0.15) is 5.75 Å². The normalized spacial score (nSPS) is 10.9. The molecular weight excluding hydrogens is 384 g/mol. The number of benzene rings is 2. The fourth-order valence-corrected chi connectivity index (χ4v) is 2.86. The highest BCUT2D eigenvalue weighted by Crippen LogP contribution is 2.26. The fourth-order valence-electron chi connectivity index (χ4n) is 2.73. The first-order valence-corrected chi connectivity index (χ1v) is 8.43. The number of non-ortho nitro benzene ring substituents is 1. The summed E-state index contributed by atoms with van der Waals surface area (Å²) in [6.07, 6.45) is 2.80. The average molecular weight is 395 g/mol. The molecule has 0 radical (unpaired) electrons. The van der Waals surface area contributed by atoms with Crippen molar-refractivity contribution in [2.75, 3.05) is 0 Å². The molecule has 9 heteroatoms. The van der Waals surface area contributed by atoms with Crippen molar-refractivity contribution in [1.82, 2.24) is 14.6 Å². The van der Waals surface area contributed by atoms with E-state index in [4.69, 9.17) is 11.6 Å². The molecule has 0 atom stereocenters. The Hall–Kier alpha value is -3.78. The molecule has 4 aromatic rings. The molecule has 0 aliphatic heterocycles. The third-order valence-electron chi connectivity index (χ3n) is 4.15. The molecule has 8 nitrogen and oxygen atoms in total. The molecule has 0 unspecified atom stereocenters. The molecular formula is C19H11ClN4O4. The van der Waals surface area contributed by atoms with Crippen molar-refractivity contribution in [2.24, 2.45) is 0 Å². The first-order chi connectivity index (χ1) is 13.4. The number of hydrogen-bond donors (Lipinski definition) is 1. The highest BCUT2D eigenvalue weighted by molar-refractivity contribution is 6.30. The van der Waals surface area contributed by atoms with Crippen molar-refractivity contribution in [2.45, 2.75) is 0 Å².